The first-order valence-electron chi connectivity index (χ1n) is 6.34. The normalized spacial score (nSPS) is 24.1. The molecule has 3 N–H and O–H groups in total. The second-order valence-electron chi connectivity index (χ2n) is 4.83. The van der Waals surface area contributed by atoms with E-state index in [9.17, 15) is 4.79 Å². The van der Waals surface area contributed by atoms with Crippen molar-refractivity contribution in [3.63, 3.8) is 0 Å². The third-order valence-corrected chi connectivity index (χ3v) is 3.40. The number of carbonyl (C=O) groups is 1. The molecule has 1 fully saturated rings. The van der Waals surface area contributed by atoms with E-state index >= 15 is 0 Å². The Morgan fingerprint density at radius 2 is 2.25 bits per heavy atom. The van der Waals surface area contributed by atoms with Gasteiger partial charge in [-0.2, -0.15) is 0 Å². The number of hydrogen-bond acceptors (Lipinski definition) is 3. The van der Waals surface area contributed by atoms with E-state index in [4.69, 9.17) is 5.73 Å². The van der Waals surface area contributed by atoms with Crippen LogP contribution < -0.4 is 11.1 Å². The summed E-state index contributed by atoms with van der Waals surface area (Å²) < 4.78 is 0. The highest BCUT2D eigenvalue weighted by Gasteiger charge is 2.29. The number of carbonyl (C=O) groups excluding carboxylic acids is 1. The Morgan fingerprint density at radius 3 is 2.69 bits per heavy atom. The Bertz CT molecular complexity index is 224. The standard InChI is InChI=1S/C12H25N3O/c1-4-7-15(11-5-6-14-8-11)12(16)9(2)10(3)13/h9-11,14H,4-8,13H2,1-3H3. The van der Waals surface area contributed by atoms with Crippen LogP contribution in [0.1, 0.15) is 33.6 Å². The molecule has 0 bridgehead atoms. The quantitative estimate of drug-likeness (QED) is 0.722. The molecule has 1 aliphatic heterocycles. The summed E-state index contributed by atoms with van der Waals surface area (Å²) in [4.78, 5) is 14.3. The van der Waals surface area contributed by atoms with Crippen molar-refractivity contribution in [2.45, 2.75) is 45.7 Å². The Morgan fingerprint density at radius 1 is 1.56 bits per heavy atom. The molecule has 0 spiro atoms. The fraction of sp³-hybridized carbons (Fsp3) is 0.917. The second-order valence-corrected chi connectivity index (χ2v) is 4.83. The van der Waals surface area contributed by atoms with Crippen LogP contribution in [-0.4, -0.2) is 42.5 Å². The zero-order valence-corrected chi connectivity index (χ0v) is 10.7. The van der Waals surface area contributed by atoms with Crippen molar-refractivity contribution >= 4 is 5.91 Å². The van der Waals surface area contributed by atoms with Crippen LogP contribution in [0.15, 0.2) is 0 Å². The molecule has 1 rings (SSSR count). The Hall–Kier alpha value is -0.610. The molecule has 1 aliphatic rings. The van der Waals surface area contributed by atoms with Gasteiger partial charge in [0.15, 0.2) is 0 Å². The molecule has 0 aromatic carbocycles. The topological polar surface area (TPSA) is 58.4 Å². The maximum absolute atomic E-state index is 12.3. The average Bonchev–Trinajstić information content (AvgIpc) is 2.76. The third kappa shape index (κ3) is 3.19. The van der Waals surface area contributed by atoms with Crippen molar-refractivity contribution in [2.75, 3.05) is 19.6 Å². The fourth-order valence-electron chi connectivity index (χ4n) is 2.11. The van der Waals surface area contributed by atoms with Crippen LogP contribution in [0.4, 0.5) is 0 Å². The maximum atomic E-state index is 12.3. The van der Waals surface area contributed by atoms with Gasteiger partial charge in [-0.3, -0.25) is 4.79 Å². The lowest BCUT2D eigenvalue weighted by atomic mass is 10.0. The summed E-state index contributed by atoms with van der Waals surface area (Å²) in [5.41, 5.74) is 5.81. The first-order chi connectivity index (χ1) is 7.57. The minimum atomic E-state index is -0.0767. The summed E-state index contributed by atoms with van der Waals surface area (Å²) in [6.07, 6.45) is 2.07. The van der Waals surface area contributed by atoms with Crippen LogP contribution in [0.25, 0.3) is 0 Å². The van der Waals surface area contributed by atoms with Crippen LogP contribution in [0.5, 0.6) is 0 Å². The van der Waals surface area contributed by atoms with Crippen molar-refractivity contribution in [2.24, 2.45) is 11.7 Å². The molecule has 4 nitrogen and oxygen atoms in total. The molecule has 1 saturated heterocycles. The fourth-order valence-corrected chi connectivity index (χ4v) is 2.11. The number of nitrogens with zero attached hydrogens (tertiary/aromatic N) is 1. The lowest BCUT2D eigenvalue weighted by molar-refractivity contribution is -0.137. The smallest absolute Gasteiger partial charge is 0.227 e. The minimum absolute atomic E-state index is 0.0683. The van der Waals surface area contributed by atoms with Crippen molar-refractivity contribution < 1.29 is 4.79 Å². The molecule has 94 valence electrons. The minimum Gasteiger partial charge on any atom is -0.338 e. The SMILES string of the molecule is CCCN(C(=O)C(C)C(C)N)C1CCNC1. The zero-order valence-electron chi connectivity index (χ0n) is 10.7. The maximum Gasteiger partial charge on any atom is 0.227 e. The number of nitrogens with two attached hydrogens (primary N) is 1. The monoisotopic (exact) mass is 227 g/mol. The summed E-state index contributed by atoms with van der Waals surface area (Å²) in [5.74, 6) is 0.137. The van der Waals surface area contributed by atoms with Gasteiger partial charge in [0.2, 0.25) is 5.91 Å². The first kappa shape index (κ1) is 13.5. The van der Waals surface area contributed by atoms with E-state index in [-0.39, 0.29) is 17.9 Å². The second kappa shape index (κ2) is 6.21. The number of nitrogens with one attached hydrogen (secondary N) is 1. The molecule has 16 heavy (non-hydrogen) atoms. The summed E-state index contributed by atoms with van der Waals surface area (Å²) >= 11 is 0. The van der Waals surface area contributed by atoms with Crippen LogP contribution in [0, 0.1) is 5.92 Å². The highest BCUT2D eigenvalue weighted by molar-refractivity contribution is 5.79. The van der Waals surface area contributed by atoms with Gasteiger partial charge in [-0.1, -0.05) is 13.8 Å². The van der Waals surface area contributed by atoms with Crippen LogP contribution in [0.2, 0.25) is 0 Å². The van der Waals surface area contributed by atoms with E-state index in [0.717, 1.165) is 32.5 Å². The molecule has 0 saturated carbocycles. The molecule has 1 amide bonds. The van der Waals surface area contributed by atoms with Crippen molar-refractivity contribution in [3.8, 4) is 0 Å². The van der Waals surface area contributed by atoms with Crippen LogP contribution in [-0.2, 0) is 4.79 Å². The van der Waals surface area contributed by atoms with Gasteiger partial charge < -0.3 is 16.0 Å². The number of rotatable bonds is 5. The van der Waals surface area contributed by atoms with Gasteiger partial charge in [-0.05, 0) is 26.3 Å². The lowest BCUT2D eigenvalue weighted by Crippen LogP contribution is -2.47. The number of amides is 1. The average molecular weight is 227 g/mol. The van der Waals surface area contributed by atoms with E-state index in [1.54, 1.807) is 0 Å². The van der Waals surface area contributed by atoms with Gasteiger partial charge >= 0.3 is 0 Å². The highest BCUT2D eigenvalue weighted by Crippen LogP contribution is 2.14. The molecule has 0 aromatic heterocycles. The predicted octanol–water partition coefficient (Wildman–Crippen LogP) is 0.570. The molecular weight excluding hydrogens is 202 g/mol. The van der Waals surface area contributed by atoms with Gasteiger partial charge in [0, 0.05) is 25.2 Å². The van der Waals surface area contributed by atoms with Crippen molar-refractivity contribution in [3.05, 3.63) is 0 Å². The van der Waals surface area contributed by atoms with Gasteiger partial charge in [0.1, 0.15) is 0 Å². The zero-order chi connectivity index (χ0) is 12.1. The Balaban J connectivity index is 2.64. The van der Waals surface area contributed by atoms with E-state index in [0.29, 0.717) is 6.04 Å². The molecule has 3 unspecified atom stereocenters. The van der Waals surface area contributed by atoms with Crippen molar-refractivity contribution in [1.29, 1.82) is 0 Å². The first-order valence-corrected chi connectivity index (χ1v) is 6.34. The largest absolute Gasteiger partial charge is 0.338 e. The Kier molecular flexibility index (Phi) is 5.22. The molecule has 0 aromatic rings. The van der Waals surface area contributed by atoms with Gasteiger partial charge in [-0.15, -0.1) is 0 Å². The number of hydrogen-bond donors (Lipinski definition) is 2. The summed E-state index contributed by atoms with van der Waals surface area (Å²) in [6, 6.07) is 0.301. The lowest BCUT2D eigenvalue weighted by Gasteiger charge is -2.31. The Labute approximate surface area is 98.6 Å². The third-order valence-electron chi connectivity index (χ3n) is 3.40. The van der Waals surface area contributed by atoms with E-state index < -0.39 is 0 Å². The molecule has 0 aliphatic carbocycles. The molecule has 1 heterocycles. The van der Waals surface area contributed by atoms with Crippen LogP contribution in [0.3, 0.4) is 0 Å². The van der Waals surface area contributed by atoms with Gasteiger partial charge in [-0.25, -0.2) is 0 Å². The molecule has 0 radical (unpaired) electrons. The van der Waals surface area contributed by atoms with E-state index in [1.165, 1.54) is 0 Å². The molecule has 3 atom stereocenters. The van der Waals surface area contributed by atoms with E-state index in [2.05, 4.69) is 12.2 Å². The summed E-state index contributed by atoms with van der Waals surface area (Å²) in [6.45, 7) is 8.74. The van der Waals surface area contributed by atoms with Gasteiger partial charge in [0.25, 0.3) is 0 Å². The highest BCUT2D eigenvalue weighted by atomic mass is 16.2. The summed E-state index contributed by atoms with van der Waals surface area (Å²) in [7, 11) is 0. The molecule has 4 heteroatoms. The van der Waals surface area contributed by atoms with Crippen molar-refractivity contribution in [1.82, 2.24) is 10.2 Å². The van der Waals surface area contributed by atoms with E-state index in [1.807, 2.05) is 18.7 Å². The molecular formula is C12H25N3O. The summed E-state index contributed by atoms with van der Waals surface area (Å²) in [5, 5.41) is 3.31. The predicted molar refractivity (Wildman–Crippen MR) is 66.1 cm³/mol. The van der Waals surface area contributed by atoms with Gasteiger partial charge in [0.05, 0.1) is 5.92 Å². The van der Waals surface area contributed by atoms with Crippen LogP contribution >= 0.6 is 0 Å².